The Morgan fingerprint density at radius 2 is 1.71 bits per heavy atom. The zero-order chi connectivity index (χ0) is 15.8. The van der Waals surface area contributed by atoms with Crippen molar-refractivity contribution in [3.05, 3.63) is 24.3 Å². The van der Waals surface area contributed by atoms with E-state index in [0.29, 0.717) is 19.3 Å². The third kappa shape index (κ3) is 6.29. The van der Waals surface area contributed by atoms with Gasteiger partial charge in [0.15, 0.2) is 0 Å². The van der Waals surface area contributed by atoms with Gasteiger partial charge < -0.3 is 14.7 Å². The molecule has 0 bridgehead atoms. The fraction of sp³-hybridized carbons (Fsp3) is 0.500. The molecule has 5 nitrogen and oxygen atoms in total. The van der Waals surface area contributed by atoms with Crippen molar-refractivity contribution < 1.29 is 19.4 Å². The summed E-state index contributed by atoms with van der Waals surface area (Å²) >= 11 is 0. The minimum atomic E-state index is -0.823. The average Bonchev–Trinajstić information content (AvgIpc) is 2.42. The molecule has 1 aromatic carbocycles. The standard InChI is InChI=1S/C16H23NO4/c1-12(2)21-14-10-8-13(9-11-14)17(3)15(18)6-4-5-7-16(19)20/h8-12H,4-7H2,1-3H3,(H,19,20). The summed E-state index contributed by atoms with van der Waals surface area (Å²) in [5.41, 5.74) is 0.800. The maximum atomic E-state index is 12.0. The molecule has 0 fully saturated rings. The van der Waals surface area contributed by atoms with E-state index in [4.69, 9.17) is 9.84 Å². The van der Waals surface area contributed by atoms with Crippen LogP contribution in [0.3, 0.4) is 0 Å². The van der Waals surface area contributed by atoms with Gasteiger partial charge >= 0.3 is 5.97 Å². The second-order valence-electron chi connectivity index (χ2n) is 5.21. The highest BCUT2D eigenvalue weighted by Gasteiger charge is 2.11. The van der Waals surface area contributed by atoms with Crippen LogP contribution in [0.15, 0.2) is 24.3 Å². The number of rotatable bonds is 8. The van der Waals surface area contributed by atoms with Crippen LogP contribution in [-0.2, 0) is 9.59 Å². The Bertz CT molecular complexity index is 468. The normalized spacial score (nSPS) is 10.5. The summed E-state index contributed by atoms with van der Waals surface area (Å²) in [4.78, 5) is 24.0. The predicted octanol–water partition coefficient (Wildman–Crippen LogP) is 3.08. The lowest BCUT2D eigenvalue weighted by molar-refractivity contribution is -0.137. The lowest BCUT2D eigenvalue weighted by Crippen LogP contribution is -2.25. The number of hydrogen-bond acceptors (Lipinski definition) is 3. The van der Waals surface area contributed by atoms with Gasteiger partial charge in [0.1, 0.15) is 5.75 Å². The van der Waals surface area contributed by atoms with E-state index in [9.17, 15) is 9.59 Å². The summed E-state index contributed by atoms with van der Waals surface area (Å²) in [5.74, 6) is -0.0643. The molecule has 116 valence electrons. The number of amides is 1. The molecule has 0 atom stereocenters. The van der Waals surface area contributed by atoms with Crippen LogP contribution < -0.4 is 9.64 Å². The first-order valence-corrected chi connectivity index (χ1v) is 7.15. The maximum absolute atomic E-state index is 12.0. The SMILES string of the molecule is CC(C)Oc1ccc(N(C)C(=O)CCCCC(=O)O)cc1. The summed E-state index contributed by atoms with van der Waals surface area (Å²) < 4.78 is 5.55. The average molecular weight is 293 g/mol. The smallest absolute Gasteiger partial charge is 0.303 e. The van der Waals surface area contributed by atoms with Crippen LogP contribution in [0.4, 0.5) is 5.69 Å². The number of benzene rings is 1. The van der Waals surface area contributed by atoms with Crippen molar-refractivity contribution in [3.8, 4) is 5.75 Å². The number of nitrogens with zero attached hydrogens (tertiary/aromatic N) is 1. The molecular weight excluding hydrogens is 270 g/mol. The van der Waals surface area contributed by atoms with E-state index in [2.05, 4.69) is 0 Å². The Hall–Kier alpha value is -2.04. The first-order chi connectivity index (χ1) is 9.90. The molecule has 0 heterocycles. The molecule has 0 aliphatic rings. The van der Waals surface area contributed by atoms with Gasteiger partial charge in [-0.1, -0.05) is 0 Å². The Morgan fingerprint density at radius 3 is 2.24 bits per heavy atom. The van der Waals surface area contributed by atoms with Gasteiger partial charge in [-0.3, -0.25) is 9.59 Å². The number of carbonyl (C=O) groups is 2. The second-order valence-corrected chi connectivity index (χ2v) is 5.21. The fourth-order valence-corrected chi connectivity index (χ4v) is 1.88. The van der Waals surface area contributed by atoms with Gasteiger partial charge in [0.05, 0.1) is 6.10 Å². The molecule has 0 aliphatic carbocycles. The van der Waals surface area contributed by atoms with Crippen molar-refractivity contribution in [2.24, 2.45) is 0 Å². The van der Waals surface area contributed by atoms with Crippen LogP contribution in [0.5, 0.6) is 5.75 Å². The van der Waals surface area contributed by atoms with Gasteiger partial charge in [0.2, 0.25) is 5.91 Å². The largest absolute Gasteiger partial charge is 0.491 e. The summed E-state index contributed by atoms with van der Waals surface area (Å²) in [7, 11) is 1.72. The third-order valence-electron chi connectivity index (χ3n) is 3.00. The van der Waals surface area contributed by atoms with Crippen molar-refractivity contribution in [1.82, 2.24) is 0 Å². The summed E-state index contributed by atoms with van der Waals surface area (Å²) in [6.07, 6.45) is 1.69. The minimum Gasteiger partial charge on any atom is -0.491 e. The molecule has 0 spiro atoms. The monoisotopic (exact) mass is 293 g/mol. The molecule has 0 unspecified atom stereocenters. The Balaban J connectivity index is 2.48. The number of carbonyl (C=O) groups excluding carboxylic acids is 1. The Kier molecular flexibility index (Phi) is 6.72. The van der Waals surface area contributed by atoms with E-state index < -0.39 is 5.97 Å². The molecule has 5 heteroatoms. The highest BCUT2D eigenvalue weighted by Crippen LogP contribution is 2.20. The Morgan fingerprint density at radius 1 is 1.14 bits per heavy atom. The molecule has 1 amide bonds. The minimum absolute atomic E-state index is 0.0158. The van der Waals surface area contributed by atoms with Gasteiger partial charge in [-0.05, 0) is 51.0 Å². The van der Waals surface area contributed by atoms with E-state index in [1.807, 2.05) is 38.1 Å². The zero-order valence-electron chi connectivity index (χ0n) is 12.8. The van der Waals surface area contributed by atoms with E-state index in [1.165, 1.54) is 0 Å². The summed E-state index contributed by atoms with van der Waals surface area (Å²) in [6.45, 7) is 3.92. The van der Waals surface area contributed by atoms with Crippen LogP contribution in [0.25, 0.3) is 0 Å². The lowest BCUT2D eigenvalue weighted by Gasteiger charge is -2.18. The molecule has 0 saturated carbocycles. The Labute approximate surface area is 125 Å². The number of ether oxygens (including phenoxy) is 1. The van der Waals surface area contributed by atoms with Gasteiger partial charge in [-0.2, -0.15) is 0 Å². The van der Waals surface area contributed by atoms with Crippen LogP contribution in [-0.4, -0.2) is 30.1 Å². The topological polar surface area (TPSA) is 66.8 Å². The van der Waals surface area contributed by atoms with E-state index in [1.54, 1.807) is 11.9 Å². The first kappa shape index (κ1) is 17.0. The second kappa shape index (κ2) is 8.29. The summed E-state index contributed by atoms with van der Waals surface area (Å²) in [5, 5.41) is 8.55. The molecule has 0 saturated heterocycles. The maximum Gasteiger partial charge on any atom is 0.303 e. The van der Waals surface area contributed by atoms with Crippen molar-refractivity contribution in [2.45, 2.75) is 45.6 Å². The van der Waals surface area contributed by atoms with Crippen molar-refractivity contribution in [1.29, 1.82) is 0 Å². The number of unbranched alkanes of at least 4 members (excludes halogenated alkanes) is 1. The number of carboxylic acid groups (broad SMARTS) is 1. The van der Waals surface area contributed by atoms with Gasteiger partial charge in [-0.15, -0.1) is 0 Å². The highest BCUT2D eigenvalue weighted by molar-refractivity contribution is 5.92. The van der Waals surface area contributed by atoms with Crippen LogP contribution in [0.2, 0.25) is 0 Å². The van der Waals surface area contributed by atoms with Crippen LogP contribution in [0.1, 0.15) is 39.5 Å². The molecule has 0 aliphatic heterocycles. The van der Waals surface area contributed by atoms with Crippen LogP contribution >= 0.6 is 0 Å². The fourth-order valence-electron chi connectivity index (χ4n) is 1.88. The molecule has 0 aromatic heterocycles. The summed E-state index contributed by atoms with van der Waals surface area (Å²) in [6, 6.07) is 7.35. The number of aliphatic carboxylic acids is 1. The predicted molar refractivity (Wildman–Crippen MR) is 81.7 cm³/mol. The number of anilines is 1. The lowest BCUT2D eigenvalue weighted by atomic mass is 10.1. The van der Waals surface area contributed by atoms with Crippen molar-refractivity contribution >= 4 is 17.6 Å². The van der Waals surface area contributed by atoms with Gasteiger partial charge in [-0.25, -0.2) is 0 Å². The molecule has 1 rings (SSSR count). The molecule has 1 N–H and O–H groups in total. The molecular formula is C16H23NO4. The van der Waals surface area contributed by atoms with E-state index >= 15 is 0 Å². The quantitative estimate of drug-likeness (QED) is 0.748. The highest BCUT2D eigenvalue weighted by atomic mass is 16.5. The van der Waals surface area contributed by atoms with Gasteiger partial charge in [0.25, 0.3) is 0 Å². The van der Waals surface area contributed by atoms with Crippen LogP contribution in [0, 0.1) is 0 Å². The zero-order valence-corrected chi connectivity index (χ0v) is 12.8. The molecule has 21 heavy (non-hydrogen) atoms. The van der Waals surface area contributed by atoms with Crippen molar-refractivity contribution in [3.63, 3.8) is 0 Å². The third-order valence-corrected chi connectivity index (χ3v) is 3.00. The first-order valence-electron chi connectivity index (χ1n) is 7.15. The van der Waals surface area contributed by atoms with Crippen molar-refractivity contribution in [2.75, 3.05) is 11.9 Å². The van der Waals surface area contributed by atoms with E-state index in [0.717, 1.165) is 11.4 Å². The molecule has 0 radical (unpaired) electrons. The number of carboxylic acids is 1. The number of hydrogen-bond donors (Lipinski definition) is 1. The van der Waals surface area contributed by atoms with E-state index in [-0.39, 0.29) is 18.4 Å². The molecule has 1 aromatic rings. The van der Waals surface area contributed by atoms with Gasteiger partial charge in [0, 0.05) is 25.6 Å².